The number of rotatable bonds is 18. The van der Waals surface area contributed by atoms with Gasteiger partial charge in [-0.05, 0) is 62.5 Å². The van der Waals surface area contributed by atoms with E-state index >= 15 is 0 Å². The summed E-state index contributed by atoms with van der Waals surface area (Å²) in [5.74, 6) is -1.51. The number of pyridine rings is 2. The van der Waals surface area contributed by atoms with Crippen LogP contribution in [0, 0.1) is 0 Å². The van der Waals surface area contributed by atoms with E-state index in [-0.39, 0.29) is 59.2 Å². The Hall–Kier alpha value is -5.36. The normalized spacial score (nSPS) is 16.9. The molecule has 5 aromatic rings. The number of halogens is 2. The molecule has 3 aromatic carbocycles. The summed E-state index contributed by atoms with van der Waals surface area (Å²) in [7, 11) is 2.17. The molecule has 4 heterocycles. The largest absolute Gasteiger partial charge is 1.00 e. The van der Waals surface area contributed by atoms with Crippen LogP contribution in [0.3, 0.4) is 0 Å². The van der Waals surface area contributed by atoms with Crippen LogP contribution < -0.4 is 43.1 Å². The Morgan fingerprint density at radius 3 is 1.60 bits per heavy atom. The van der Waals surface area contributed by atoms with Gasteiger partial charge in [-0.2, -0.15) is 0 Å². The standard InChI is InChI=1S/C20H25NO3.C17H23NO3.C15H16N4O2.2BrH/c1-3-21(4-2)15-16-24-19(22)20(23,17-11-7-5-8-12-17)18-13-9-6-10-14-18;1-18-13-7-8-14(18)10-15(9-13)21-17(20)16(11-19)12-5-3-2-4-6-12;20-16-12-14-2-8-18(9-3-14)6-1-7-19-10-4-15(5-11-19)13-17-21;;/h5-14,23H,3-4,15-16H2,1-2H3;2-6,13-16,19H,7-11H2,1H3;2-5,8-13H,1,6-7H2;2*1H/t;13-,14+,15?,16?;;;. The molecule has 0 spiro atoms. The van der Waals surface area contributed by atoms with Gasteiger partial charge in [0.25, 0.3) is 0 Å². The van der Waals surface area contributed by atoms with Crippen molar-refractivity contribution in [3.05, 3.63) is 168 Å². The second-order valence-corrected chi connectivity index (χ2v) is 16.4. The molecule has 14 nitrogen and oxygen atoms in total. The highest BCUT2D eigenvalue weighted by atomic mass is 79.9. The highest BCUT2D eigenvalue weighted by Gasteiger charge is 2.42. The number of carbonyl (C=O) groups excluding carboxylic acids is 2. The molecule has 2 bridgehead atoms. The number of nitrogens with zero attached hydrogens (tertiary/aromatic N) is 6. The van der Waals surface area contributed by atoms with Crippen molar-refractivity contribution in [3.8, 4) is 0 Å². The van der Waals surface area contributed by atoms with E-state index in [4.69, 9.17) is 19.9 Å². The van der Waals surface area contributed by atoms with E-state index in [9.17, 15) is 19.8 Å². The predicted octanol–water partition coefficient (Wildman–Crippen LogP) is -0.285. The third-order valence-electron chi connectivity index (χ3n) is 12.3. The number of esters is 2. The lowest BCUT2D eigenvalue weighted by Crippen LogP contribution is -3.00. The van der Waals surface area contributed by atoms with Crippen molar-refractivity contribution in [2.24, 2.45) is 10.3 Å². The molecular weight excluding hydrogens is 996 g/mol. The molecular formula is C52H66Br2N6O8. The van der Waals surface area contributed by atoms with Gasteiger partial charge < -0.3 is 73.9 Å². The minimum Gasteiger partial charge on any atom is -1.00 e. The molecule has 68 heavy (non-hydrogen) atoms. The molecule has 7 rings (SSSR count). The van der Waals surface area contributed by atoms with Gasteiger partial charge in [0.15, 0.2) is 37.9 Å². The van der Waals surface area contributed by atoms with Crippen LogP contribution in [0.4, 0.5) is 0 Å². The lowest BCUT2D eigenvalue weighted by molar-refractivity contribution is -0.726. The molecule has 366 valence electrons. The van der Waals surface area contributed by atoms with E-state index in [1.54, 1.807) is 48.5 Å². The summed E-state index contributed by atoms with van der Waals surface area (Å²) < 4.78 is 15.3. The molecule has 2 unspecified atom stereocenters. The van der Waals surface area contributed by atoms with E-state index in [0.29, 0.717) is 29.8 Å². The van der Waals surface area contributed by atoms with Crippen molar-refractivity contribution in [3.63, 3.8) is 0 Å². The van der Waals surface area contributed by atoms with E-state index in [2.05, 4.69) is 50.1 Å². The molecule has 4 N–H and O–H groups in total. The summed E-state index contributed by atoms with van der Waals surface area (Å²) in [4.78, 5) is 29.7. The van der Waals surface area contributed by atoms with E-state index < -0.39 is 17.5 Å². The average Bonchev–Trinajstić information content (AvgIpc) is 3.54. The smallest absolute Gasteiger partial charge is 0.347 e. The zero-order valence-corrected chi connectivity index (χ0v) is 42.3. The SMILES string of the molecule is CCN(CC)CCOC(=O)C(O)(c1ccccc1)c1ccccc1.CN1[C@@H]2CC[C@H]1CC(OC(=O)C(CO)c1ccccc1)C2.O/N=C/c1cc[n+](CCC[n+]2ccc(/C=N/O)cc2)cc1.[Br-].[Br-]. The van der Waals surface area contributed by atoms with Gasteiger partial charge >= 0.3 is 11.9 Å². The molecule has 16 heteroatoms. The first-order valence-electron chi connectivity index (χ1n) is 22.8. The van der Waals surface area contributed by atoms with E-state index in [1.165, 1.54) is 25.3 Å². The Bertz CT molecular complexity index is 2130. The van der Waals surface area contributed by atoms with Gasteiger partial charge in [0.2, 0.25) is 5.60 Å². The molecule has 0 amide bonds. The maximum Gasteiger partial charge on any atom is 0.347 e. The summed E-state index contributed by atoms with van der Waals surface area (Å²) in [5.41, 5.74) is 1.76. The number of fused-ring (bicyclic) bond motifs is 2. The molecule has 2 aromatic heterocycles. The fraction of sp³-hybridized carbons (Fsp3) is 0.385. The molecule has 0 saturated carbocycles. The van der Waals surface area contributed by atoms with Crippen molar-refractivity contribution in [2.45, 2.75) is 88.7 Å². The second-order valence-electron chi connectivity index (χ2n) is 16.4. The topological polar surface area (TPSA) is 172 Å². The Balaban J connectivity index is 0.000000267. The number of hydrogen-bond donors (Lipinski definition) is 4. The van der Waals surface area contributed by atoms with Crippen LogP contribution in [0.15, 0.2) is 150 Å². The van der Waals surface area contributed by atoms with E-state index in [1.807, 2.05) is 91.5 Å². The molecule has 4 atom stereocenters. The number of aliphatic hydroxyl groups is 2. The molecule has 2 saturated heterocycles. The third kappa shape index (κ3) is 16.7. The minimum atomic E-state index is -1.80. The van der Waals surface area contributed by atoms with Gasteiger partial charge in [-0.15, -0.1) is 0 Å². The number of aryl methyl sites for hydroxylation is 2. The zero-order valence-electron chi connectivity index (χ0n) is 39.1. The van der Waals surface area contributed by atoms with E-state index in [0.717, 1.165) is 62.1 Å². The first kappa shape index (κ1) is 57.0. The monoisotopic (exact) mass is 1060 g/mol. The molecule has 2 aliphatic heterocycles. The van der Waals surface area contributed by atoms with Crippen molar-refractivity contribution < 1.29 is 82.8 Å². The zero-order chi connectivity index (χ0) is 47.2. The number of aromatic nitrogens is 2. The molecule has 0 radical (unpaired) electrons. The molecule has 2 aliphatic rings. The lowest BCUT2D eigenvalue weighted by Gasteiger charge is -2.36. The number of likely N-dealkylation sites (N-methyl/N-ethyl adjacent to an activating group) is 1. The maximum atomic E-state index is 12.7. The fourth-order valence-corrected chi connectivity index (χ4v) is 8.36. The number of hydrogen-bond acceptors (Lipinski definition) is 12. The number of carbonyl (C=O) groups is 2. The number of ether oxygens (including phenoxy) is 2. The van der Waals surface area contributed by atoms with Crippen LogP contribution in [-0.4, -0.2) is 113 Å². The van der Waals surface area contributed by atoms with Gasteiger partial charge in [0.1, 0.15) is 18.6 Å². The average molecular weight is 1060 g/mol. The Morgan fingerprint density at radius 1 is 0.750 bits per heavy atom. The van der Waals surface area contributed by atoms with Crippen LogP contribution >= 0.6 is 0 Å². The third-order valence-corrected chi connectivity index (χ3v) is 12.3. The Kier molecular flexibility index (Phi) is 25.3. The first-order valence-corrected chi connectivity index (χ1v) is 22.8. The van der Waals surface area contributed by atoms with Crippen molar-refractivity contribution in [1.29, 1.82) is 0 Å². The lowest BCUT2D eigenvalue weighted by atomic mass is 9.86. The Labute approximate surface area is 421 Å². The number of oxime groups is 2. The van der Waals surface area contributed by atoms with Crippen LogP contribution in [0.5, 0.6) is 0 Å². The minimum absolute atomic E-state index is 0. The van der Waals surface area contributed by atoms with Crippen molar-refractivity contribution >= 4 is 24.4 Å². The number of piperidine rings is 1. The van der Waals surface area contributed by atoms with Gasteiger partial charge in [0, 0.05) is 54.0 Å². The van der Waals surface area contributed by atoms with Crippen LogP contribution in [0.2, 0.25) is 0 Å². The molecule has 2 fully saturated rings. The Morgan fingerprint density at radius 2 is 1.19 bits per heavy atom. The second kappa shape index (κ2) is 30.2. The van der Waals surface area contributed by atoms with Crippen LogP contribution in [0.25, 0.3) is 0 Å². The fourth-order valence-electron chi connectivity index (χ4n) is 8.36. The van der Waals surface area contributed by atoms with Gasteiger partial charge in [-0.1, -0.05) is 115 Å². The highest BCUT2D eigenvalue weighted by molar-refractivity contribution is 5.85. The summed E-state index contributed by atoms with van der Waals surface area (Å²) in [5, 5.41) is 43.6. The predicted molar refractivity (Wildman–Crippen MR) is 251 cm³/mol. The first-order chi connectivity index (χ1) is 32.1. The summed E-state index contributed by atoms with van der Waals surface area (Å²) >= 11 is 0. The number of benzene rings is 3. The van der Waals surface area contributed by atoms with Crippen molar-refractivity contribution in [2.75, 3.05) is 39.9 Å². The molecule has 0 aliphatic carbocycles. The summed E-state index contributed by atoms with van der Waals surface area (Å²) in [6.07, 6.45) is 15.9. The highest BCUT2D eigenvalue weighted by Crippen LogP contribution is 2.36. The maximum absolute atomic E-state index is 12.7. The number of aliphatic hydroxyl groups excluding tert-OH is 1. The van der Waals surface area contributed by atoms with Gasteiger partial charge in [0.05, 0.1) is 25.5 Å². The quantitative estimate of drug-likeness (QED) is 0.0301. The van der Waals surface area contributed by atoms with Crippen molar-refractivity contribution in [1.82, 2.24) is 9.80 Å². The summed E-state index contributed by atoms with van der Waals surface area (Å²) in [6, 6.07) is 35.9. The van der Waals surface area contributed by atoms with Gasteiger partial charge in [-0.25, -0.2) is 13.9 Å². The van der Waals surface area contributed by atoms with Gasteiger partial charge in [-0.3, -0.25) is 4.79 Å². The van der Waals surface area contributed by atoms with Crippen LogP contribution in [-0.2, 0) is 37.8 Å². The van der Waals surface area contributed by atoms with Crippen LogP contribution in [0.1, 0.15) is 79.7 Å². The summed E-state index contributed by atoms with van der Waals surface area (Å²) in [6.45, 7) is 8.44.